The van der Waals surface area contributed by atoms with Crippen molar-refractivity contribution in [1.82, 2.24) is 4.90 Å². The SMILES string of the molecule is COc1ccc(C2Sc3c(ccc4ccccc34)N(CCN(C)C)C(=O)C2OC(=O)c2cc(OC)c(OC)c(OC)c2)cc1. The van der Waals surface area contributed by atoms with Crippen LogP contribution in [0.2, 0.25) is 0 Å². The molecule has 2 unspecified atom stereocenters. The number of nitrogens with zero attached hydrogens (tertiary/aromatic N) is 2. The van der Waals surface area contributed by atoms with E-state index in [1.807, 2.05) is 67.5 Å². The molecule has 0 saturated heterocycles. The standard InChI is InChI=1S/C34H36N2O7S/c1-35(2)17-18-36-26-16-13-21-9-7-8-10-25(21)32(26)44-31(22-11-14-24(39-3)15-12-22)30(33(36)37)43-34(38)23-19-27(40-4)29(42-6)28(20-23)41-5/h7-16,19-20,30-31H,17-18H2,1-6H3. The zero-order chi connectivity index (χ0) is 31.4. The lowest BCUT2D eigenvalue weighted by atomic mass is 10.0. The Hall–Kier alpha value is -4.41. The minimum atomic E-state index is -1.16. The van der Waals surface area contributed by atoms with E-state index in [0.717, 1.165) is 26.9 Å². The first-order valence-corrected chi connectivity index (χ1v) is 15.0. The highest BCUT2D eigenvalue weighted by Crippen LogP contribution is 2.50. The van der Waals surface area contributed by atoms with Gasteiger partial charge in [0.05, 0.1) is 44.9 Å². The Labute approximate surface area is 261 Å². The summed E-state index contributed by atoms with van der Waals surface area (Å²) < 4.78 is 27.9. The van der Waals surface area contributed by atoms with Gasteiger partial charge in [-0.2, -0.15) is 0 Å². The van der Waals surface area contributed by atoms with Gasteiger partial charge in [-0.15, -0.1) is 11.8 Å². The van der Waals surface area contributed by atoms with Gasteiger partial charge in [0.2, 0.25) is 5.75 Å². The molecule has 1 aliphatic rings. The molecule has 4 aromatic rings. The number of carbonyl (C=O) groups excluding carboxylic acids is 2. The van der Waals surface area contributed by atoms with Crippen LogP contribution in [0.25, 0.3) is 10.8 Å². The number of anilines is 1. The Morgan fingerprint density at radius 1 is 0.864 bits per heavy atom. The number of esters is 1. The summed E-state index contributed by atoms with van der Waals surface area (Å²) in [7, 11) is 9.96. The Balaban J connectivity index is 1.65. The molecule has 2 atom stereocenters. The minimum Gasteiger partial charge on any atom is -0.497 e. The zero-order valence-corrected chi connectivity index (χ0v) is 26.5. The minimum absolute atomic E-state index is 0.165. The van der Waals surface area contributed by atoms with Gasteiger partial charge in [-0.3, -0.25) is 4.79 Å². The number of rotatable bonds is 10. The highest BCUT2D eigenvalue weighted by Gasteiger charge is 2.42. The fraction of sp³-hybridized carbons (Fsp3) is 0.294. The molecule has 44 heavy (non-hydrogen) atoms. The van der Waals surface area contributed by atoms with E-state index in [-0.39, 0.29) is 11.5 Å². The van der Waals surface area contributed by atoms with Crippen molar-refractivity contribution in [2.45, 2.75) is 16.2 Å². The maximum Gasteiger partial charge on any atom is 0.339 e. The second-order valence-corrected chi connectivity index (χ2v) is 11.6. The molecule has 0 aromatic heterocycles. The number of thioether (sulfide) groups is 1. The van der Waals surface area contributed by atoms with E-state index in [1.54, 1.807) is 12.0 Å². The Morgan fingerprint density at radius 2 is 1.55 bits per heavy atom. The molecule has 0 radical (unpaired) electrons. The average Bonchev–Trinajstić information content (AvgIpc) is 3.16. The van der Waals surface area contributed by atoms with Gasteiger partial charge in [-0.1, -0.05) is 42.5 Å². The molecule has 10 heteroatoms. The van der Waals surface area contributed by atoms with Crippen LogP contribution in [0.1, 0.15) is 21.2 Å². The molecular formula is C34H36N2O7S. The maximum atomic E-state index is 14.6. The first-order chi connectivity index (χ1) is 21.3. The van der Waals surface area contributed by atoms with E-state index in [4.69, 9.17) is 23.7 Å². The van der Waals surface area contributed by atoms with Crippen LogP contribution in [0.5, 0.6) is 23.0 Å². The van der Waals surface area contributed by atoms with Crippen molar-refractivity contribution in [1.29, 1.82) is 0 Å². The van der Waals surface area contributed by atoms with E-state index < -0.39 is 17.3 Å². The van der Waals surface area contributed by atoms with Gasteiger partial charge in [-0.05, 0) is 60.8 Å². The summed E-state index contributed by atoms with van der Waals surface area (Å²) in [5, 5.41) is 1.51. The number of hydrogen-bond acceptors (Lipinski definition) is 9. The van der Waals surface area contributed by atoms with Crippen LogP contribution in [-0.4, -0.2) is 78.5 Å². The second kappa shape index (κ2) is 13.5. The van der Waals surface area contributed by atoms with Crippen molar-refractivity contribution in [3.8, 4) is 23.0 Å². The van der Waals surface area contributed by atoms with Crippen LogP contribution in [0.4, 0.5) is 5.69 Å². The summed E-state index contributed by atoms with van der Waals surface area (Å²) in [5.74, 6) is 0.640. The van der Waals surface area contributed by atoms with Crippen LogP contribution >= 0.6 is 11.8 Å². The Morgan fingerprint density at radius 3 is 2.16 bits per heavy atom. The molecule has 9 nitrogen and oxygen atoms in total. The number of ether oxygens (including phenoxy) is 5. The summed E-state index contributed by atoms with van der Waals surface area (Å²) in [6, 6.07) is 22.6. The van der Waals surface area contributed by atoms with E-state index in [0.29, 0.717) is 36.1 Å². The lowest BCUT2D eigenvalue weighted by Gasteiger charge is -2.29. The van der Waals surface area contributed by atoms with Crippen molar-refractivity contribution >= 4 is 40.1 Å². The summed E-state index contributed by atoms with van der Waals surface area (Å²) >= 11 is 1.52. The molecule has 0 fully saturated rings. The summed E-state index contributed by atoms with van der Waals surface area (Å²) in [4.78, 5) is 33.2. The predicted octanol–water partition coefficient (Wildman–Crippen LogP) is 5.84. The molecule has 5 rings (SSSR count). The first kappa shape index (κ1) is 31.0. The highest BCUT2D eigenvalue weighted by molar-refractivity contribution is 8.00. The molecule has 0 saturated carbocycles. The fourth-order valence-corrected chi connectivity index (χ4v) is 6.67. The van der Waals surface area contributed by atoms with Gasteiger partial charge in [0.1, 0.15) is 5.75 Å². The topological polar surface area (TPSA) is 86.8 Å². The Bertz CT molecular complexity index is 1630. The number of methoxy groups -OCH3 is 4. The number of fused-ring (bicyclic) bond motifs is 3. The van der Waals surface area contributed by atoms with Crippen LogP contribution < -0.4 is 23.8 Å². The summed E-state index contributed by atoms with van der Waals surface area (Å²) in [6.45, 7) is 1.02. The van der Waals surface area contributed by atoms with E-state index >= 15 is 0 Å². The molecule has 230 valence electrons. The lowest BCUT2D eigenvalue weighted by molar-refractivity contribution is -0.127. The molecule has 1 aliphatic heterocycles. The summed E-state index contributed by atoms with van der Waals surface area (Å²) in [6.07, 6.45) is -1.16. The van der Waals surface area contributed by atoms with Crippen molar-refractivity contribution in [3.05, 3.63) is 83.9 Å². The van der Waals surface area contributed by atoms with Crippen LogP contribution in [0, 0.1) is 0 Å². The third-order valence-electron chi connectivity index (χ3n) is 7.53. The number of hydrogen-bond donors (Lipinski definition) is 0. The van der Waals surface area contributed by atoms with Crippen LogP contribution in [0.15, 0.2) is 77.7 Å². The van der Waals surface area contributed by atoms with Gasteiger partial charge in [-0.25, -0.2) is 4.79 Å². The number of carbonyl (C=O) groups is 2. The molecule has 0 bridgehead atoms. The van der Waals surface area contributed by atoms with Gasteiger partial charge in [0.25, 0.3) is 5.91 Å². The molecule has 4 aromatic carbocycles. The predicted molar refractivity (Wildman–Crippen MR) is 172 cm³/mol. The molecule has 0 spiro atoms. The average molecular weight is 617 g/mol. The van der Waals surface area contributed by atoms with Gasteiger partial charge in [0.15, 0.2) is 17.6 Å². The molecule has 1 heterocycles. The highest BCUT2D eigenvalue weighted by atomic mass is 32.2. The maximum absolute atomic E-state index is 14.6. The van der Waals surface area contributed by atoms with Crippen molar-refractivity contribution < 1.29 is 33.3 Å². The Kier molecular flexibility index (Phi) is 9.51. The van der Waals surface area contributed by atoms with E-state index in [1.165, 1.54) is 45.2 Å². The summed E-state index contributed by atoms with van der Waals surface area (Å²) in [5.41, 5.74) is 1.77. The monoisotopic (exact) mass is 616 g/mol. The smallest absolute Gasteiger partial charge is 0.339 e. The lowest BCUT2D eigenvalue weighted by Crippen LogP contribution is -2.45. The third kappa shape index (κ3) is 6.13. The van der Waals surface area contributed by atoms with Gasteiger partial charge in [0, 0.05) is 18.0 Å². The molecule has 1 amide bonds. The quantitative estimate of drug-likeness (QED) is 0.204. The fourth-order valence-electron chi connectivity index (χ4n) is 5.22. The first-order valence-electron chi connectivity index (χ1n) is 14.1. The molecule has 0 N–H and O–H groups in total. The molecular weight excluding hydrogens is 580 g/mol. The largest absolute Gasteiger partial charge is 0.497 e. The number of amides is 1. The zero-order valence-electron chi connectivity index (χ0n) is 25.7. The van der Waals surface area contributed by atoms with E-state index in [9.17, 15) is 9.59 Å². The number of likely N-dealkylation sites (N-methyl/N-ethyl adjacent to an activating group) is 1. The van der Waals surface area contributed by atoms with Crippen LogP contribution in [-0.2, 0) is 9.53 Å². The normalized spacial score (nSPS) is 16.3. The number of benzene rings is 4. The van der Waals surface area contributed by atoms with Gasteiger partial charge >= 0.3 is 5.97 Å². The van der Waals surface area contributed by atoms with Crippen LogP contribution in [0.3, 0.4) is 0 Å². The van der Waals surface area contributed by atoms with Crippen molar-refractivity contribution in [3.63, 3.8) is 0 Å². The van der Waals surface area contributed by atoms with Crippen molar-refractivity contribution in [2.75, 3.05) is 60.5 Å². The van der Waals surface area contributed by atoms with Gasteiger partial charge < -0.3 is 33.5 Å². The van der Waals surface area contributed by atoms with E-state index in [2.05, 4.69) is 12.1 Å². The molecule has 0 aliphatic carbocycles. The third-order valence-corrected chi connectivity index (χ3v) is 8.97. The second-order valence-electron chi connectivity index (χ2n) is 10.5. The van der Waals surface area contributed by atoms with Crippen molar-refractivity contribution in [2.24, 2.45) is 0 Å².